The first-order valence-electron chi connectivity index (χ1n) is 9.27. The Morgan fingerprint density at radius 1 is 1.11 bits per heavy atom. The van der Waals surface area contributed by atoms with Crippen LogP contribution in [0.2, 0.25) is 0 Å². The van der Waals surface area contributed by atoms with Crippen molar-refractivity contribution in [3.8, 4) is 5.75 Å². The number of hydrogen-bond acceptors (Lipinski definition) is 5. The lowest BCUT2D eigenvalue weighted by Crippen LogP contribution is -2.52. The molecule has 2 rings (SSSR count). The SMILES string of the molecule is CCNC(=NCCOCCOC)N1CCN(c2cccc(OC)c2)CC1.I. The minimum atomic E-state index is 0. The van der Waals surface area contributed by atoms with E-state index in [0.717, 1.165) is 44.4 Å². The molecule has 0 saturated carbocycles. The van der Waals surface area contributed by atoms with Crippen LogP contribution in [0.15, 0.2) is 29.3 Å². The molecule has 7 nitrogen and oxygen atoms in total. The molecule has 1 N–H and O–H groups in total. The summed E-state index contributed by atoms with van der Waals surface area (Å²) < 4.78 is 15.8. The van der Waals surface area contributed by atoms with E-state index < -0.39 is 0 Å². The van der Waals surface area contributed by atoms with Gasteiger partial charge in [0.05, 0.1) is 33.5 Å². The monoisotopic (exact) mass is 492 g/mol. The Kier molecular flexibility index (Phi) is 12.2. The summed E-state index contributed by atoms with van der Waals surface area (Å²) in [6.45, 7) is 9.25. The molecule has 1 aliphatic heterocycles. The van der Waals surface area contributed by atoms with Gasteiger partial charge in [-0.05, 0) is 19.1 Å². The third-order valence-electron chi connectivity index (χ3n) is 4.26. The molecule has 1 aromatic carbocycles. The zero-order chi connectivity index (χ0) is 18.6. The molecule has 0 unspecified atom stereocenters. The normalized spacial score (nSPS) is 14.7. The fourth-order valence-corrected chi connectivity index (χ4v) is 2.87. The first-order chi connectivity index (χ1) is 12.8. The number of halogens is 1. The summed E-state index contributed by atoms with van der Waals surface area (Å²) in [6, 6.07) is 8.24. The van der Waals surface area contributed by atoms with Crippen molar-refractivity contribution in [1.82, 2.24) is 10.2 Å². The minimum absolute atomic E-state index is 0. The second-order valence-electron chi connectivity index (χ2n) is 6.02. The van der Waals surface area contributed by atoms with Crippen LogP contribution in [0.1, 0.15) is 6.92 Å². The van der Waals surface area contributed by atoms with Gasteiger partial charge in [0.15, 0.2) is 5.96 Å². The van der Waals surface area contributed by atoms with E-state index in [9.17, 15) is 0 Å². The number of nitrogens with zero attached hydrogens (tertiary/aromatic N) is 3. The quantitative estimate of drug-likeness (QED) is 0.247. The summed E-state index contributed by atoms with van der Waals surface area (Å²) in [4.78, 5) is 9.39. The highest BCUT2D eigenvalue weighted by atomic mass is 127. The van der Waals surface area contributed by atoms with E-state index in [0.29, 0.717) is 26.4 Å². The summed E-state index contributed by atoms with van der Waals surface area (Å²) in [5.74, 6) is 1.86. The Labute approximate surface area is 180 Å². The maximum Gasteiger partial charge on any atom is 0.194 e. The van der Waals surface area contributed by atoms with Gasteiger partial charge in [0, 0.05) is 51.6 Å². The molecule has 0 aromatic heterocycles. The first kappa shape index (κ1) is 23.8. The summed E-state index contributed by atoms with van der Waals surface area (Å²) in [6.07, 6.45) is 0. The zero-order valence-electron chi connectivity index (χ0n) is 16.6. The van der Waals surface area contributed by atoms with E-state index in [1.165, 1.54) is 5.69 Å². The van der Waals surface area contributed by atoms with Gasteiger partial charge < -0.3 is 29.3 Å². The molecule has 0 aliphatic carbocycles. The summed E-state index contributed by atoms with van der Waals surface area (Å²) in [5, 5.41) is 3.38. The van der Waals surface area contributed by atoms with Crippen molar-refractivity contribution in [2.75, 3.05) is 78.2 Å². The lowest BCUT2D eigenvalue weighted by Gasteiger charge is -2.37. The highest BCUT2D eigenvalue weighted by Gasteiger charge is 2.20. The molecule has 0 spiro atoms. The van der Waals surface area contributed by atoms with Crippen LogP contribution in [0.4, 0.5) is 5.69 Å². The van der Waals surface area contributed by atoms with Crippen LogP contribution in [0.5, 0.6) is 5.75 Å². The average Bonchev–Trinajstić information content (AvgIpc) is 2.70. The number of ether oxygens (including phenoxy) is 3. The predicted molar refractivity (Wildman–Crippen MR) is 121 cm³/mol. The van der Waals surface area contributed by atoms with Gasteiger partial charge in [0.25, 0.3) is 0 Å². The van der Waals surface area contributed by atoms with E-state index in [2.05, 4.69) is 39.2 Å². The van der Waals surface area contributed by atoms with Gasteiger partial charge in [0.2, 0.25) is 0 Å². The Bertz CT molecular complexity index is 552. The van der Waals surface area contributed by atoms with Crippen LogP contribution in [-0.4, -0.2) is 84.2 Å². The minimum Gasteiger partial charge on any atom is -0.497 e. The van der Waals surface area contributed by atoms with Crippen LogP contribution in [-0.2, 0) is 9.47 Å². The smallest absolute Gasteiger partial charge is 0.194 e. The maximum atomic E-state index is 5.49. The fraction of sp³-hybridized carbons (Fsp3) is 0.632. The van der Waals surface area contributed by atoms with Crippen molar-refractivity contribution in [3.05, 3.63) is 24.3 Å². The van der Waals surface area contributed by atoms with E-state index in [1.54, 1.807) is 14.2 Å². The van der Waals surface area contributed by atoms with Crippen LogP contribution < -0.4 is 15.0 Å². The topological polar surface area (TPSA) is 58.6 Å². The molecule has 0 atom stereocenters. The van der Waals surface area contributed by atoms with Crippen molar-refractivity contribution in [2.24, 2.45) is 4.99 Å². The molecule has 0 bridgehead atoms. The summed E-state index contributed by atoms with van der Waals surface area (Å²) >= 11 is 0. The van der Waals surface area contributed by atoms with Crippen molar-refractivity contribution < 1.29 is 14.2 Å². The third-order valence-corrected chi connectivity index (χ3v) is 4.26. The number of anilines is 1. The van der Waals surface area contributed by atoms with Crippen molar-refractivity contribution in [2.45, 2.75) is 6.92 Å². The summed E-state index contributed by atoms with van der Waals surface area (Å²) in [5.41, 5.74) is 1.21. The molecule has 1 aliphatic rings. The van der Waals surface area contributed by atoms with Gasteiger partial charge in [-0.3, -0.25) is 4.99 Å². The second-order valence-corrected chi connectivity index (χ2v) is 6.02. The molecule has 27 heavy (non-hydrogen) atoms. The number of benzene rings is 1. The maximum absolute atomic E-state index is 5.49. The van der Waals surface area contributed by atoms with Gasteiger partial charge in [-0.2, -0.15) is 0 Å². The molecule has 1 saturated heterocycles. The van der Waals surface area contributed by atoms with Gasteiger partial charge >= 0.3 is 0 Å². The molecule has 1 heterocycles. The molecular weight excluding hydrogens is 459 g/mol. The largest absolute Gasteiger partial charge is 0.497 e. The van der Waals surface area contributed by atoms with Gasteiger partial charge in [0.1, 0.15) is 5.75 Å². The van der Waals surface area contributed by atoms with Crippen LogP contribution >= 0.6 is 24.0 Å². The Balaban J connectivity index is 0.00000364. The van der Waals surface area contributed by atoms with Gasteiger partial charge in [-0.25, -0.2) is 0 Å². The van der Waals surface area contributed by atoms with Crippen LogP contribution in [0.25, 0.3) is 0 Å². The van der Waals surface area contributed by atoms with Crippen LogP contribution in [0, 0.1) is 0 Å². The van der Waals surface area contributed by atoms with E-state index in [4.69, 9.17) is 14.2 Å². The number of rotatable bonds is 9. The fourth-order valence-electron chi connectivity index (χ4n) is 2.87. The Morgan fingerprint density at radius 2 is 1.89 bits per heavy atom. The highest BCUT2D eigenvalue weighted by molar-refractivity contribution is 14.0. The van der Waals surface area contributed by atoms with Crippen molar-refractivity contribution in [1.29, 1.82) is 0 Å². The average molecular weight is 492 g/mol. The Morgan fingerprint density at radius 3 is 2.56 bits per heavy atom. The number of hydrogen-bond donors (Lipinski definition) is 1. The van der Waals surface area contributed by atoms with E-state index >= 15 is 0 Å². The van der Waals surface area contributed by atoms with E-state index in [-0.39, 0.29) is 24.0 Å². The Hall–Kier alpha value is -1.26. The molecule has 154 valence electrons. The number of methoxy groups -OCH3 is 2. The molecule has 8 heteroatoms. The molecule has 1 aromatic rings. The number of piperazine rings is 1. The first-order valence-corrected chi connectivity index (χ1v) is 9.27. The summed E-state index contributed by atoms with van der Waals surface area (Å²) in [7, 11) is 3.38. The van der Waals surface area contributed by atoms with Crippen LogP contribution in [0.3, 0.4) is 0 Å². The molecular formula is C19H33IN4O3. The number of nitrogens with one attached hydrogen (secondary N) is 1. The van der Waals surface area contributed by atoms with Gasteiger partial charge in [-0.1, -0.05) is 6.07 Å². The highest BCUT2D eigenvalue weighted by Crippen LogP contribution is 2.22. The lowest BCUT2D eigenvalue weighted by molar-refractivity contribution is 0.0747. The van der Waals surface area contributed by atoms with Crippen molar-refractivity contribution in [3.63, 3.8) is 0 Å². The molecule has 0 radical (unpaired) electrons. The van der Waals surface area contributed by atoms with E-state index in [1.807, 2.05) is 12.1 Å². The third kappa shape index (κ3) is 8.10. The lowest BCUT2D eigenvalue weighted by atomic mass is 10.2. The molecule has 1 fully saturated rings. The van der Waals surface area contributed by atoms with Gasteiger partial charge in [-0.15, -0.1) is 24.0 Å². The zero-order valence-corrected chi connectivity index (χ0v) is 19.0. The molecule has 0 amide bonds. The standard InChI is InChI=1S/C19H32N4O3.HI/c1-4-20-19(21-8-13-26-15-14-24-2)23-11-9-22(10-12-23)17-6-5-7-18(16-17)25-3;/h5-7,16H,4,8-15H2,1-3H3,(H,20,21);1H. The number of aliphatic imine (C=N–C) groups is 1. The van der Waals surface area contributed by atoms with Crippen molar-refractivity contribution >= 4 is 35.6 Å². The second kappa shape index (κ2) is 13.8. The predicted octanol–water partition coefficient (Wildman–Crippen LogP) is 2.06. The number of guanidine groups is 1.